The highest BCUT2D eigenvalue weighted by Gasteiger charge is 2.44. The topological polar surface area (TPSA) is 67.9 Å². The second kappa shape index (κ2) is 14.4. The van der Waals surface area contributed by atoms with Crippen LogP contribution in [-0.4, -0.2) is 47.8 Å². The summed E-state index contributed by atoms with van der Waals surface area (Å²) in [4.78, 5) is 27.4. The van der Waals surface area contributed by atoms with E-state index in [0.29, 0.717) is 19.6 Å². The van der Waals surface area contributed by atoms with E-state index in [2.05, 4.69) is 11.9 Å². The van der Waals surface area contributed by atoms with Gasteiger partial charge in [0.2, 0.25) is 5.91 Å². The molecule has 2 amide bonds. The molecule has 2 atom stereocenters. The van der Waals surface area contributed by atoms with E-state index in [1.54, 1.807) is 32.9 Å². The van der Waals surface area contributed by atoms with Gasteiger partial charge in [0.15, 0.2) is 0 Å². The lowest BCUT2D eigenvalue weighted by Gasteiger charge is -2.30. The maximum absolute atomic E-state index is 14.3. The molecule has 1 fully saturated rings. The third-order valence-electron chi connectivity index (χ3n) is 5.86. The summed E-state index contributed by atoms with van der Waals surface area (Å²) in [7, 11) is 0. The lowest BCUT2D eigenvalue weighted by molar-refractivity contribution is -0.129. The molecule has 0 aromatic heterocycles. The molecule has 1 saturated heterocycles. The molecular formula is C27H40ClFN2O4. The van der Waals surface area contributed by atoms with Crippen LogP contribution in [0.25, 0.3) is 0 Å². The molecule has 1 aliphatic rings. The van der Waals surface area contributed by atoms with Crippen LogP contribution < -0.4 is 5.32 Å². The van der Waals surface area contributed by atoms with Gasteiger partial charge in [0.05, 0.1) is 11.1 Å². The summed E-state index contributed by atoms with van der Waals surface area (Å²) in [5.41, 5.74) is -0.412. The Bertz CT molecular complexity index is 843. The van der Waals surface area contributed by atoms with Gasteiger partial charge in [-0.1, -0.05) is 55.5 Å². The second-order valence-electron chi connectivity index (χ2n) is 9.95. The number of ether oxygens (including phenoxy) is 2. The lowest BCUT2D eigenvalue weighted by Crippen LogP contribution is -2.51. The summed E-state index contributed by atoms with van der Waals surface area (Å²) in [6, 6.07) is 3.80. The average molecular weight is 511 g/mol. The Balaban J connectivity index is 1.94. The van der Waals surface area contributed by atoms with Crippen molar-refractivity contribution in [2.45, 2.75) is 96.4 Å². The summed E-state index contributed by atoms with van der Waals surface area (Å²) in [6.07, 6.45) is 9.21. The number of nitrogens with zero attached hydrogens (tertiary/aromatic N) is 1. The first-order valence-electron chi connectivity index (χ1n) is 12.6. The number of amides is 2. The Labute approximate surface area is 214 Å². The van der Waals surface area contributed by atoms with Crippen LogP contribution in [0.2, 0.25) is 5.02 Å². The molecule has 0 aliphatic carbocycles. The number of unbranched alkanes of at least 4 members (excludes halogenated alkanes) is 6. The van der Waals surface area contributed by atoms with Gasteiger partial charge in [0.1, 0.15) is 17.5 Å². The number of hydrogen-bond donors (Lipinski definition) is 1. The molecular weight excluding hydrogens is 471 g/mol. The Kier molecular flexibility index (Phi) is 12.0. The van der Waals surface area contributed by atoms with E-state index in [4.69, 9.17) is 21.1 Å². The van der Waals surface area contributed by atoms with Crippen LogP contribution in [0.4, 0.5) is 9.18 Å². The number of halogens is 2. The number of carbonyl (C=O) groups excluding carboxylic acids is 2. The van der Waals surface area contributed by atoms with E-state index in [-0.39, 0.29) is 17.1 Å². The lowest BCUT2D eigenvalue weighted by atomic mass is 10.1. The normalized spacial score (nSPS) is 17.9. The molecule has 0 bridgehead atoms. The van der Waals surface area contributed by atoms with E-state index < -0.39 is 35.6 Å². The summed E-state index contributed by atoms with van der Waals surface area (Å²) in [5, 5.41) is 2.74. The van der Waals surface area contributed by atoms with Gasteiger partial charge >= 0.3 is 6.09 Å². The Morgan fingerprint density at radius 2 is 1.89 bits per heavy atom. The molecule has 6 nitrogen and oxygen atoms in total. The third kappa shape index (κ3) is 9.80. The van der Waals surface area contributed by atoms with Crippen molar-refractivity contribution in [1.29, 1.82) is 0 Å². The number of rotatable bonds is 13. The van der Waals surface area contributed by atoms with Crippen LogP contribution in [-0.2, 0) is 20.8 Å². The summed E-state index contributed by atoms with van der Waals surface area (Å²) in [5.74, 6) is -0.970. The van der Waals surface area contributed by atoms with E-state index in [9.17, 15) is 14.0 Å². The van der Waals surface area contributed by atoms with E-state index in [0.717, 1.165) is 25.7 Å². The fourth-order valence-electron chi connectivity index (χ4n) is 4.08. The van der Waals surface area contributed by atoms with Gasteiger partial charge in [0.25, 0.3) is 0 Å². The monoisotopic (exact) mass is 510 g/mol. The van der Waals surface area contributed by atoms with E-state index in [1.165, 1.54) is 30.2 Å². The first kappa shape index (κ1) is 29.1. The molecule has 0 spiro atoms. The van der Waals surface area contributed by atoms with Crippen molar-refractivity contribution < 1.29 is 23.5 Å². The summed E-state index contributed by atoms with van der Waals surface area (Å²) in [6.45, 7) is 9.92. The van der Waals surface area contributed by atoms with Gasteiger partial charge in [-0.15, -0.1) is 6.58 Å². The highest BCUT2D eigenvalue weighted by Crippen LogP contribution is 2.25. The zero-order valence-electron chi connectivity index (χ0n) is 21.3. The predicted octanol–water partition coefficient (Wildman–Crippen LogP) is 6.41. The SMILES string of the molecule is C=CCCCCCCCCO[C@@H]1CCN(C(=O)OC(C)(C)C)[C@@H]1C(=O)NCc1cccc(Cl)c1F. The van der Waals surface area contributed by atoms with E-state index in [1.807, 2.05) is 6.08 Å². The van der Waals surface area contributed by atoms with Crippen molar-refractivity contribution >= 4 is 23.6 Å². The fourth-order valence-corrected chi connectivity index (χ4v) is 4.27. The average Bonchev–Trinajstić information content (AvgIpc) is 3.22. The van der Waals surface area contributed by atoms with Gasteiger partial charge < -0.3 is 14.8 Å². The molecule has 196 valence electrons. The van der Waals surface area contributed by atoms with Crippen molar-refractivity contribution in [1.82, 2.24) is 10.2 Å². The molecule has 2 rings (SSSR count). The molecule has 0 radical (unpaired) electrons. The molecule has 0 saturated carbocycles. The number of carbonyl (C=O) groups is 2. The van der Waals surface area contributed by atoms with Gasteiger partial charge in [0, 0.05) is 25.3 Å². The molecule has 1 heterocycles. The fraction of sp³-hybridized carbons (Fsp3) is 0.630. The van der Waals surface area contributed by atoms with Crippen molar-refractivity contribution in [2.75, 3.05) is 13.2 Å². The smallest absolute Gasteiger partial charge is 0.411 e. The standard InChI is InChI=1S/C27H40ClFN2O4/c1-5-6-7-8-9-10-11-12-18-34-22-16-17-31(26(33)35-27(2,3)4)24(22)25(32)30-19-20-14-13-15-21(28)23(20)29/h5,13-15,22,24H,1,6-12,16-19H2,2-4H3,(H,30,32)/t22-,24+/m1/s1. The molecule has 0 unspecified atom stereocenters. The number of benzene rings is 1. The minimum atomic E-state index is -0.842. The number of nitrogens with one attached hydrogen (secondary N) is 1. The van der Waals surface area contributed by atoms with Crippen LogP contribution >= 0.6 is 11.6 Å². The van der Waals surface area contributed by atoms with Crippen molar-refractivity contribution in [2.24, 2.45) is 0 Å². The Morgan fingerprint density at radius 1 is 1.20 bits per heavy atom. The highest BCUT2D eigenvalue weighted by atomic mass is 35.5. The first-order chi connectivity index (χ1) is 16.6. The van der Waals surface area contributed by atoms with Crippen LogP contribution in [0, 0.1) is 5.82 Å². The molecule has 1 N–H and O–H groups in total. The van der Waals surface area contributed by atoms with Crippen LogP contribution in [0.1, 0.15) is 77.7 Å². The highest BCUT2D eigenvalue weighted by molar-refractivity contribution is 6.30. The number of allylic oxidation sites excluding steroid dienone is 1. The van der Waals surface area contributed by atoms with Crippen LogP contribution in [0.3, 0.4) is 0 Å². The van der Waals surface area contributed by atoms with E-state index >= 15 is 0 Å². The van der Waals surface area contributed by atoms with Crippen LogP contribution in [0.5, 0.6) is 0 Å². The Hall–Kier alpha value is -2.12. The maximum atomic E-state index is 14.3. The zero-order chi connectivity index (χ0) is 25.8. The minimum Gasteiger partial charge on any atom is -0.444 e. The Morgan fingerprint density at radius 3 is 2.57 bits per heavy atom. The summed E-state index contributed by atoms with van der Waals surface area (Å²) >= 11 is 5.85. The predicted molar refractivity (Wildman–Crippen MR) is 137 cm³/mol. The molecule has 1 aromatic carbocycles. The largest absolute Gasteiger partial charge is 0.444 e. The first-order valence-corrected chi connectivity index (χ1v) is 12.9. The maximum Gasteiger partial charge on any atom is 0.411 e. The summed E-state index contributed by atoms with van der Waals surface area (Å²) < 4.78 is 25.8. The quantitative estimate of drug-likeness (QED) is 0.246. The van der Waals surface area contributed by atoms with Crippen molar-refractivity contribution in [3.8, 4) is 0 Å². The molecule has 1 aliphatic heterocycles. The van der Waals surface area contributed by atoms with Crippen molar-refractivity contribution in [3.63, 3.8) is 0 Å². The zero-order valence-corrected chi connectivity index (χ0v) is 22.0. The molecule has 8 heteroatoms. The minimum absolute atomic E-state index is 0.00471. The number of hydrogen-bond acceptors (Lipinski definition) is 4. The number of likely N-dealkylation sites (tertiary alicyclic amines) is 1. The van der Waals surface area contributed by atoms with Gasteiger partial charge in [-0.25, -0.2) is 9.18 Å². The van der Waals surface area contributed by atoms with Crippen molar-refractivity contribution in [3.05, 3.63) is 47.3 Å². The third-order valence-corrected chi connectivity index (χ3v) is 6.15. The molecule has 35 heavy (non-hydrogen) atoms. The van der Waals surface area contributed by atoms with Gasteiger partial charge in [-0.2, -0.15) is 0 Å². The molecule has 1 aromatic rings. The van der Waals surface area contributed by atoms with Gasteiger partial charge in [-0.3, -0.25) is 9.69 Å². The van der Waals surface area contributed by atoms with Gasteiger partial charge in [-0.05, 0) is 52.5 Å². The second-order valence-corrected chi connectivity index (χ2v) is 10.4. The van der Waals surface area contributed by atoms with Crippen LogP contribution in [0.15, 0.2) is 30.9 Å².